The highest BCUT2D eigenvalue weighted by Gasteiger charge is 2.16. The van der Waals surface area contributed by atoms with Gasteiger partial charge in [-0.25, -0.2) is 4.99 Å². The van der Waals surface area contributed by atoms with Crippen LogP contribution in [0.5, 0.6) is 11.5 Å². The van der Waals surface area contributed by atoms with Crippen molar-refractivity contribution in [2.45, 2.75) is 6.92 Å². The zero-order valence-electron chi connectivity index (χ0n) is 16.2. The molecule has 3 aromatic carbocycles. The van der Waals surface area contributed by atoms with Gasteiger partial charge < -0.3 is 19.2 Å². The van der Waals surface area contributed by atoms with Crippen molar-refractivity contribution in [2.75, 3.05) is 12.1 Å². The molecule has 0 bridgehead atoms. The van der Waals surface area contributed by atoms with Gasteiger partial charge in [-0.3, -0.25) is 4.79 Å². The zero-order valence-corrected chi connectivity index (χ0v) is 16.2. The number of benzene rings is 3. The lowest BCUT2D eigenvalue weighted by molar-refractivity contribution is 0.102. The molecular formula is C24H18N2O4. The molecule has 0 atom stereocenters. The van der Waals surface area contributed by atoms with E-state index in [1.165, 1.54) is 0 Å². The van der Waals surface area contributed by atoms with Crippen LogP contribution in [0.4, 0.5) is 11.4 Å². The molecule has 0 unspecified atom stereocenters. The predicted molar refractivity (Wildman–Crippen MR) is 113 cm³/mol. The van der Waals surface area contributed by atoms with Gasteiger partial charge >= 0.3 is 0 Å². The quantitative estimate of drug-likeness (QED) is 0.530. The molecule has 1 N–H and O–H groups in total. The van der Waals surface area contributed by atoms with Crippen LogP contribution in [0, 0.1) is 6.92 Å². The molecule has 0 aliphatic carbocycles. The van der Waals surface area contributed by atoms with Crippen molar-refractivity contribution in [3.05, 3.63) is 89.5 Å². The molecule has 6 heteroatoms. The summed E-state index contributed by atoms with van der Waals surface area (Å²) in [5.74, 6) is 0.989. The number of nitrogens with one attached hydrogen (secondary N) is 1. The summed E-state index contributed by atoms with van der Waals surface area (Å²) in [7, 11) is 0. The van der Waals surface area contributed by atoms with Crippen LogP contribution in [0.15, 0.2) is 82.2 Å². The maximum atomic E-state index is 13.1. The molecule has 148 valence electrons. The van der Waals surface area contributed by atoms with Crippen molar-refractivity contribution >= 4 is 28.3 Å². The fourth-order valence-corrected chi connectivity index (χ4v) is 3.29. The van der Waals surface area contributed by atoms with Crippen molar-refractivity contribution in [1.82, 2.24) is 0 Å². The first-order chi connectivity index (χ1) is 14.7. The Labute approximate surface area is 172 Å². The van der Waals surface area contributed by atoms with E-state index in [1.807, 2.05) is 55.5 Å². The molecule has 0 fully saturated rings. The molecule has 30 heavy (non-hydrogen) atoms. The number of para-hydroxylation sites is 2. The lowest BCUT2D eigenvalue weighted by Gasteiger charge is -2.09. The highest BCUT2D eigenvalue weighted by Crippen LogP contribution is 2.35. The topological polar surface area (TPSA) is 73.1 Å². The van der Waals surface area contributed by atoms with Gasteiger partial charge in [0, 0.05) is 17.1 Å². The highest BCUT2D eigenvalue weighted by atomic mass is 16.7. The molecule has 0 radical (unpaired) electrons. The molecule has 1 aliphatic rings. The first kappa shape index (κ1) is 18.0. The number of amides is 1. The zero-order chi connectivity index (χ0) is 20.5. The van der Waals surface area contributed by atoms with E-state index in [9.17, 15) is 4.79 Å². The Kier molecular flexibility index (Phi) is 4.44. The number of aryl methyl sites for hydroxylation is 1. The number of hydrogen-bond donors (Lipinski definition) is 1. The Balaban J connectivity index is 1.63. The third kappa shape index (κ3) is 3.39. The summed E-state index contributed by atoms with van der Waals surface area (Å²) in [6.07, 6.45) is 0. The van der Waals surface area contributed by atoms with Crippen molar-refractivity contribution in [2.24, 2.45) is 4.99 Å². The Morgan fingerprint density at radius 3 is 2.63 bits per heavy atom. The largest absolute Gasteiger partial charge is 0.454 e. The highest BCUT2D eigenvalue weighted by molar-refractivity contribution is 6.05. The van der Waals surface area contributed by atoms with Gasteiger partial charge in [-0.2, -0.15) is 0 Å². The smallest absolute Gasteiger partial charge is 0.261 e. The van der Waals surface area contributed by atoms with E-state index < -0.39 is 0 Å². The summed E-state index contributed by atoms with van der Waals surface area (Å²) < 4.78 is 16.8. The van der Waals surface area contributed by atoms with E-state index in [1.54, 1.807) is 24.3 Å². The van der Waals surface area contributed by atoms with Gasteiger partial charge in [0.25, 0.3) is 5.91 Å². The van der Waals surface area contributed by atoms with Crippen LogP contribution >= 0.6 is 0 Å². The van der Waals surface area contributed by atoms with Crippen LogP contribution in [-0.4, -0.2) is 12.7 Å². The van der Waals surface area contributed by atoms with Gasteiger partial charge in [0.15, 0.2) is 11.5 Å². The normalized spacial score (nSPS) is 12.9. The maximum Gasteiger partial charge on any atom is 0.261 e. The van der Waals surface area contributed by atoms with Crippen molar-refractivity contribution in [1.29, 1.82) is 0 Å². The van der Waals surface area contributed by atoms with Crippen LogP contribution in [-0.2, 0) is 0 Å². The molecule has 5 rings (SSSR count). The van der Waals surface area contributed by atoms with E-state index >= 15 is 0 Å². The van der Waals surface area contributed by atoms with Gasteiger partial charge in [-0.05, 0) is 42.8 Å². The minimum absolute atomic E-state index is 0.184. The second-order valence-electron chi connectivity index (χ2n) is 6.92. The van der Waals surface area contributed by atoms with E-state index in [-0.39, 0.29) is 18.3 Å². The monoisotopic (exact) mass is 398 g/mol. The van der Waals surface area contributed by atoms with Gasteiger partial charge in [0.05, 0.1) is 5.69 Å². The van der Waals surface area contributed by atoms with Crippen LogP contribution in [0.2, 0.25) is 0 Å². The first-order valence-corrected chi connectivity index (χ1v) is 9.52. The summed E-state index contributed by atoms with van der Waals surface area (Å²) >= 11 is 0. The predicted octanol–water partition coefficient (Wildman–Crippen LogP) is 4.95. The molecule has 1 amide bonds. The SMILES string of the molecule is Cc1ccccc1NC(=O)c1cc2ccccc2oc1=Nc1ccc2c(c1)OCO2. The van der Waals surface area contributed by atoms with Crippen molar-refractivity contribution in [3.63, 3.8) is 0 Å². The molecule has 0 spiro atoms. The molecule has 4 aromatic rings. The van der Waals surface area contributed by atoms with Crippen LogP contribution < -0.4 is 20.3 Å². The summed E-state index contributed by atoms with van der Waals surface area (Å²) in [6, 6.07) is 22.3. The minimum atomic E-state index is -0.293. The van der Waals surface area contributed by atoms with Gasteiger partial charge in [0.1, 0.15) is 11.1 Å². The van der Waals surface area contributed by atoms with E-state index in [0.717, 1.165) is 16.6 Å². The summed E-state index contributed by atoms with van der Waals surface area (Å²) in [5.41, 5.74) is 3.52. The molecule has 0 saturated carbocycles. The van der Waals surface area contributed by atoms with E-state index in [2.05, 4.69) is 10.3 Å². The Bertz CT molecular complexity index is 1340. The number of anilines is 1. The van der Waals surface area contributed by atoms with E-state index in [0.29, 0.717) is 28.3 Å². The molecule has 0 saturated heterocycles. The number of hydrogen-bond acceptors (Lipinski definition) is 5. The number of carbonyl (C=O) groups excluding carboxylic acids is 1. The Hall–Kier alpha value is -4.06. The van der Waals surface area contributed by atoms with Crippen LogP contribution in [0.1, 0.15) is 15.9 Å². The van der Waals surface area contributed by atoms with Gasteiger partial charge in [-0.15, -0.1) is 0 Å². The summed E-state index contributed by atoms with van der Waals surface area (Å²) in [4.78, 5) is 17.7. The molecule has 6 nitrogen and oxygen atoms in total. The maximum absolute atomic E-state index is 13.1. The van der Waals surface area contributed by atoms with Gasteiger partial charge in [-0.1, -0.05) is 36.4 Å². The van der Waals surface area contributed by atoms with Crippen LogP contribution in [0.25, 0.3) is 11.0 Å². The lowest BCUT2D eigenvalue weighted by atomic mass is 10.1. The fourth-order valence-electron chi connectivity index (χ4n) is 3.29. The third-order valence-corrected chi connectivity index (χ3v) is 4.88. The number of nitrogens with zero attached hydrogens (tertiary/aromatic N) is 1. The second-order valence-corrected chi connectivity index (χ2v) is 6.92. The Morgan fingerprint density at radius 2 is 1.73 bits per heavy atom. The average Bonchev–Trinajstić information content (AvgIpc) is 3.23. The van der Waals surface area contributed by atoms with E-state index in [4.69, 9.17) is 13.9 Å². The second kappa shape index (κ2) is 7.40. The third-order valence-electron chi connectivity index (χ3n) is 4.88. The first-order valence-electron chi connectivity index (χ1n) is 9.52. The van der Waals surface area contributed by atoms with Crippen molar-refractivity contribution in [3.8, 4) is 11.5 Å². The molecule has 2 heterocycles. The lowest BCUT2D eigenvalue weighted by Crippen LogP contribution is -2.22. The molecule has 1 aliphatic heterocycles. The fraction of sp³-hybridized carbons (Fsp3) is 0.0833. The van der Waals surface area contributed by atoms with Gasteiger partial charge in [0.2, 0.25) is 12.3 Å². The average molecular weight is 398 g/mol. The summed E-state index contributed by atoms with van der Waals surface area (Å²) in [5, 5.41) is 3.77. The number of ether oxygens (including phenoxy) is 2. The Morgan fingerprint density at radius 1 is 0.933 bits per heavy atom. The number of carbonyl (C=O) groups is 1. The van der Waals surface area contributed by atoms with Crippen LogP contribution in [0.3, 0.4) is 0 Å². The molecular weight excluding hydrogens is 380 g/mol. The molecule has 1 aromatic heterocycles. The number of fused-ring (bicyclic) bond motifs is 2. The summed E-state index contributed by atoms with van der Waals surface area (Å²) in [6.45, 7) is 2.13. The van der Waals surface area contributed by atoms with Crippen molar-refractivity contribution < 1.29 is 18.7 Å². The minimum Gasteiger partial charge on any atom is -0.454 e. The standard InChI is InChI=1S/C24H18N2O4/c1-15-6-2-4-8-19(15)26-23(27)18-12-16-7-3-5-9-20(16)30-24(18)25-17-10-11-21-22(13-17)29-14-28-21/h2-13H,14H2,1H3,(H,26,27). The number of rotatable bonds is 3.